The molecule has 1 fully saturated rings. The number of fused-ring (bicyclic) bond motifs is 1. The van der Waals surface area contributed by atoms with E-state index in [1.54, 1.807) is 11.1 Å². The van der Waals surface area contributed by atoms with Crippen LogP contribution in [0.2, 0.25) is 0 Å². The Morgan fingerprint density at radius 1 is 1.21 bits per heavy atom. The first-order valence-electron chi connectivity index (χ1n) is 9.35. The van der Waals surface area contributed by atoms with E-state index < -0.39 is 0 Å². The van der Waals surface area contributed by atoms with Gasteiger partial charge in [-0.2, -0.15) is 0 Å². The SMILES string of the molecule is O=C(NCc1ccc2nonc2c1)C1CCC(=O)N(CCc2ccccn2)C1. The Hall–Kier alpha value is -3.29. The Bertz CT molecular complexity index is 972. The van der Waals surface area contributed by atoms with Gasteiger partial charge in [0.1, 0.15) is 11.0 Å². The van der Waals surface area contributed by atoms with E-state index in [1.807, 2.05) is 36.4 Å². The van der Waals surface area contributed by atoms with Gasteiger partial charge in [-0.1, -0.05) is 12.1 Å². The van der Waals surface area contributed by atoms with Crippen molar-refractivity contribution in [2.45, 2.75) is 25.8 Å². The number of nitrogens with one attached hydrogen (secondary N) is 1. The van der Waals surface area contributed by atoms with Gasteiger partial charge in [-0.05, 0) is 46.6 Å². The van der Waals surface area contributed by atoms with Gasteiger partial charge in [0, 0.05) is 44.4 Å². The third kappa shape index (κ3) is 4.16. The summed E-state index contributed by atoms with van der Waals surface area (Å²) in [4.78, 5) is 30.9. The minimum atomic E-state index is -0.195. The largest absolute Gasteiger partial charge is 0.352 e. The molecule has 0 bridgehead atoms. The Kier molecular flexibility index (Phi) is 5.27. The summed E-state index contributed by atoms with van der Waals surface area (Å²) < 4.78 is 4.69. The molecule has 1 aliphatic rings. The quantitative estimate of drug-likeness (QED) is 0.700. The highest BCUT2D eigenvalue weighted by Gasteiger charge is 2.29. The lowest BCUT2D eigenvalue weighted by Gasteiger charge is -2.32. The maximum absolute atomic E-state index is 12.6. The zero-order chi connectivity index (χ0) is 19.3. The van der Waals surface area contributed by atoms with Crippen LogP contribution in [0.5, 0.6) is 0 Å². The highest BCUT2D eigenvalue weighted by Crippen LogP contribution is 2.19. The molecular formula is C20H21N5O3. The average molecular weight is 379 g/mol. The number of amides is 2. The minimum absolute atomic E-state index is 0.0336. The Labute approximate surface area is 161 Å². The lowest BCUT2D eigenvalue weighted by atomic mass is 9.96. The van der Waals surface area contributed by atoms with Gasteiger partial charge in [-0.3, -0.25) is 14.6 Å². The molecule has 0 radical (unpaired) electrons. The van der Waals surface area contributed by atoms with Crippen molar-refractivity contribution in [3.63, 3.8) is 0 Å². The van der Waals surface area contributed by atoms with Crippen molar-refractivity contribution in [2.24, 2.45) is 5.92 Å². The molecule has 3 heterocycles. The molecule has 1 aliphatic heterocycles. The smallest absolute Gasteiger partial charge is 0.225 e. The van der Waals surface area contributed by atoms with Gasteiger partial charge in [0.25, 0.3) is 0 Å². The third-order valence-electron chi connectivity index (χ3n) is 5.02. The number of carbonyl (C=O) groups is 2. The molecule has 28 heavy (non-hydrogen) atoms. The topological polar surface area (TPSA) is 101 Å². The molecule has 3 aromatic rings. The molecule has 8 heteroatoms. The first-order chi connectivity index (χ1) is 13.7. The molecule has 2 aromatic heterocycles. The maximum atomic E-state index is 12.6. The molecule has 0 saturated carbocycles. The highest BCUT2D eigenvalue weighted by atomic mass is 16.6. The van der Waals surface area contributed by atoms with Gasteiger partial charge < -0.3 is 10.2 Å². The first-order valence-corrected chi connectivity index (χ1v) is 9.35. The van der Waals surface area contributed by atoms with Crippen LogP contribution in [0.3, 0.4) is 0 Å². The van der Waals surface area contributed by atoms with Crippen LogP contribution in [0, 0.1) is 5.92 Å². The van der Waals surface area contributed by atoms with E-state index >= 15 is 0 Å². The van der Waals surface area contributed by atoms with E-state index in [0.717, 1.165) is 11.3 Å². The second kappa shape index (κ2) is 8.16. The van der Waals surface area contributed by atoms with Crippen LogP contribution in [0.4, 0.5) is 0 Å². The molecule has 0 spiro atoms. The number of rotatable bonds is 6. The van der Waals surface area contributed by atoms with Crippen LogP contribution < -0.4 is 5.32 Å². The monoisotopic (exact) mass is 379 g/mol. The van der Waals surface area contributed by atoms with Gasteiger partial charge in [0.2, 0.25) is 11.8 Å². The zero-order valence-corrected chi connectivity index (χ0v) is 15.4. The van der Waals surface area contributed by atoms with E-state index in [2.05, 4.69) is 25.2 Å². The lowest BCUT2D eigenvalue weighted by molar-refractivity contribution is -0.138. The van der Waals surface area contributed by atoms with Gasteiger partial charge in [-0.15, -0.1) is 0 Å². The fourth-order valence-electron chi connectivity index (χ4n) is 3.41. The van der Waals surface area contributed by atoms with Crippen LogP contribution >= 0.6 is 0 Å². The highest BCUT2D eigenvalue weighted by molar-refractivity contribution is 5.84. The predicted molar refractivity (Wildman–Crippen MR) is 101 cm³/mol. The number of piperidine rings is 1. The van der Waals surface area contributed by atoms with Crippen LogP contribution in [0.25, 0.3) is 11.0 Å². The van der Waals surface area contributed by atoms with Crippen LogP contribution in [0.1, 0.15) is 24.1 Å². The number of likely N-dealkylation sites (tertiary alicyclic amines) is 1. The third-order valence-corrected chi connectivity index (χ3v) is 5.02. The molecule has 1 N–H and O–H groups in total. The second-order valence-electron chi connectivity index (χ2n) is 6.95. The van der Waals surface area contributed by atoms with E-state index in [9.17, 15) is 9.59 Å². The number of aromatic nitrogens is 3. The molecule has 1 atom stereocenters. The molecule has 1 saturated heterocycles. The summed E-state index contributed by atoms with van der Waals surface area (Å²) in [7, 11) is 0. The van der Waals surface area contributed by atoms with Crippen LogP contribution in [-0.2, 0) is 22.6 Å². The maximum Gasteiger partial charge on any atom is 0.225 e. The van der Waals surface area contributed by atoms with Crippen LogP contribution in [0.15, 0.2) is 47.2 Å². The van der Waals surface area contributed by atoms with Crippen molar-refractivity contribution in [2.75, 3.05) is 13.1 Å². The Balaban J connectivity index is 1.31. The zero-order valence-electron chi connectivity index (χ0n) is 15.4. The second-order valence-corrected chi connectivity index (χ2v) is 6.95. The summed E-state index contributed by atoms with van der Waals surface area (Å²) in [5.74, 6) is -0.128. The van der Waals surface area contributed by atoms with Crippen molar-refractivity contribution >= 4 is 22.8 Å². The lowest BCUT2D eigenvalue weighted by Crippen LogP contribution is -2.46. The van der Waals surface area contributed by atoms with Crippen molar-refractivity contribution in [3.8, 4) is 0 Å². The van der Waals surface area contributed by atoms with Gasteiger partial charge in [-0.25, -0.2) is 4.63 Å². The summed E-state index contributed by atoms with van der Waals surface area (Å²) in [5.41, 5.74) is 3.22. The van der Waals surface area contributed by atoms with E-state index in [-0.39, 0.29) is 17.7 Å². The number of hydrogen-bond donors (Lipinski definition) is 1. The average Bonchev–Trinajstić information content (AvgIpc) is 3.20. The summed E-state index contributed by atoms with van der Waals surface area (Å²) in [6.45, 7) is 1.43. The van der Waals surface area contributed by atoms with Crippen LogP contribution in [-0.4, -0.2) is 45.1 Å². The fraction of sp³-hybridized carbons (Fsp3) is 0.350. The molecule has 0 aliphatic carbocycles. The van der Waals surface area contributed by atoms with Gasteiger partial charge in [0.05, 0.1) is 5.92 Å². The molecule has 2 amide bonds. The number of carbonyl (C=O) groups excluding carboxylic acids is 2. The number of hydrogen-bond acceptors (Lipinski definition) is 6. The first kappa shape index (κ1) is 18.1. The van der Waals surface area contributed by atoms with E-state index in [0.29, 0.717) is 49.9 Å². The Morgan fingerprint density at radius 3 is 2.96 bits per heavy atom. The summed E-state index contributed by atoms with van der Waals surface area (Å²) in [6, 6.07) is 11.3. The molecule has 1 aromatic carbocycles. The van der Waals surface area contributed by atoms with Gasteiger partial charge >= 0.3 is 0 Å². The Morgan fingerprint density at radius 2 is 2.11 bits per heavy atom. The van der Waals surface area contributed by atoms with Crippen molar-refractivity contribution in [1.82, 2.24) is 25.5 Å². The predicted octanol–water partition coefficient (Wildman–Crippen LogP) is 1.72. The fourth-order valence-corrected chi connectivity index (χ4v) is 3.41. The number of nitrogens with zero attached hydrogens (tertiary/aromatic N) is 4. The van der Waals surface area contributed by atoms with Crippen molar-refractivity contribution < 1.29 is 14.2 Å². The number of benzene rings is 1. The summed E-state index contributed by atoms with van der Waals surface area (Å²) in [6.07, 6.45) is 3.41. The van der Waals surface area contributed by atoms with E-state index in [4.69, 9.17) is 0 Å². The molecular weight excluding hydrogens is 358 g/mol. The van der Waals surface area contributed by atoms with Crippen molar-refractivity contribution in [1.29, 1.82) is 0 Å². The molecule has 144 valence electrons. The number of pyridine rings is 1. The minimum Gasteiger partial charge on any atom is -0.352 e. The van der Waals surface area contributed by atoms with Crippen molar-refractivity contribution in [3.05, 3.63) is 53.9 Å². The van der Waals surface area contributed by atoms with E-state index in [1.165, 1.54) is 0 Å². The normalized spacial score (nSPS) is 17.1. The summed E-state index contributed by atoms with van der Waals surface area (Å²) in [5, 5.41) is 10.5. The summed E-state index contributed by atoms with van der Waals surface area (Å²) >= 11 is 0. The van der Waals surface area contributed by atoms with Gasteiger partial charge in [0.15, 0.2) is 0 Å². The molecule has 1 unspecified atom stereocenters. The standard InChI is InChI=1S/C20H21N5O3/c26-19-7-5-15(13-25(19)10-8-16-3-1-2-9-21-16)20(27)22-12-14-4-6-17-18(11-14)24-28-23-17/h1-4,6,9,11,15H,5,7-8,10,12-13H2,(H,22,27). The molecule has 4 rings (SSSR count). The molecule has 8 nitrogen and oxygen atoms in total.